The van der Waals surface area contributed by atoms with E-state index in [2.05, 4.69) is 5.32 Å². The number of amides is 1. The van der Waals surface area contributed by atoms with Gasteiger partial charge in [0.2, 0.25) is 0 Å². The number of hydrogen-bond donors (Lipinski definition) is 2. The van der Waals surface area contributed by atoms with Gasteiger partial charge in [0.1, 0.15) is 5.60 Å². The molecule has 0 saturated carbocycles. The Hall–Kier alpha value is -1.30. The lowest BCUT2D eigenvalue weighted by Crippen LogP contribution is -2.50. The Kier molecular flexibility index (Phi) is 5.17. The highest BCUT2D eigenvalue weighted by molar-refractivity contribution is 5.68. The molecule has 1 saturated heterocycles. The lowest BCUT2D eigenvalue weighted by Gasteiger charge is -2.35. The first-order valence-corrected chi connectivity index (χ1v) is 6.55. The number of aliphatic carboxylic acids is 1. The topological polar surface area (TPSA) is 78.9 Å². The number of carbonyl (C=O) groups excluding carboxylic acids is 1. The van der Waals surface area contributed by atoms with E-state index in [9.17, 15) is 9.59 Å². The molecular formula is C13H24N2O4. The maximum absolute atomic E-state index is 11.7. The van der Waals surface area contributed by atoms with Gasteiger partial charge in [0.15, 0.2) is 0 Å². The van der Waals surface area contributed by atoms with Gasteiger partial charge in [-0.15, -0.1) is 0 Å². The van der Waals surface area contributed by atoms with Crippen LogP contribution in [0.15, 0.2) is 0 Å². The Morgan fingerprint density at radius 3 is 2.53 bits per heavy atom. The number of hydrogen-bond acceptors (Lipinski definition) is 4. The zero-order valence-corrected chi connectivity index (χ0v) is 12.1. The van der Waals surface area contributed by atoms with Crippen LogP contribution in [-0.2, 0) is 9.53 Å². The summed E-state index contributed by atoms with van der Waals surface area (Å²) < 4.78 is 5.21. The molecule has 0 aliphatic carbocycles. The number of nitrogens with one attached hydrogen (secondary N) is 1. The molecule has 0 aromatic heterocycles. The fourth-order valence-corrected chi connectivity index (χ4v) is 2.42. The van der Waals surface area contributed by atoms with Crippen LogP contribution in [0.4, 0.5) is 4.79 Å². The van der Waals surface area contributed by atoms with Crippen molar-refractivity contribution in [1.82, 2.24) is 10.2 Å². The third-order valence-electron chi connectivity index (χ3n) is 2.90. The number of alkyl carbamates (subject to hydrolysis) is 1. The molecule has 1 rings (SSSR count). The highest BCUT2D eigenvalue weighted by Gasteiger charge is 2.29. The van der Waals surface area contributed by atoms with Crippen molar-refractivity contribution < 1.29 is 19.4 Å². The SMILES string of the molecule is CN1CC(CC(=O)O)CC(NC(=O)OC(C)(C)C)C1. The van der Waals surface area contributed by atoms with E-state index >= 15 is 0 Å². The van der Waals surface area contributed by atoms with Crippen molar-refractivity contribution in [2.24, 2.45) is 5.92 Å². The zero-order chi connectivity index (χ0) is 14.6. The van der Waals surface area contributed by atoms with Gasteiger partial charge in [0.05, 0.1) is 0 Å². The molecule has 1 fully saturated rings. The van der Waals surface area contributed by atoms with Crippen LogP contribution in [-0.4, -0.2) is 53.8 Å². The first kappa shape index (κ1) is 15.8. The molecule has 1 amide bonds. The number of ether oxygens (including phenoxy) is 1. The van der Waals surface area contributed by atoms with Gasteiger partial charge in [0.25, 0.3) is 0 Å². The molecule has 0 aromatic carbocycles. The van der Waals surface area contributed by atoms with Crippen LogP contribution in [0.1, 0.15) is 33.6 Å². The van der Waals surface area contributed by atoms with E-state index in [1.165, 1.54) is 0 Å². The lowest BCUT2D eigenvalue weighted by molar-refractivity contribution is -0.138. The quantitative estimate of drug-likeness (QED) is 0.809. The number of carboxylic acid groups (broad SMARTS) is 1. The second-order valence-corrected chi connectivity index (χ2v) is 6.26. The molecule has 6 nitrogen and oxygen atoms in total. The number of nitrogens with zero attached hydrogens (tertiary/aromatic N) is 1. The zero-order valence-electron chi connectivity index (χ0n) is 12.1. The van der Waals surface area contributed by atoms with Crippen LogP contribution < -0.4 is 5.32 Å². The molecule has 0 bridgehead atoms. The average Bonchev–Trinajstić information content (AvgIpc) is 2.10. The highest BCUT2D eigenvalue weighted by atomic mass is 16.6. The molecular weight excluding hydrogens is 248 g/mol. The molecule has 1 aliphatic rings. The van der Waals surface area contributed by atoms with Crippen molar-refractivity contribution >= 4 is 12.1 Å². The van der Waals surface area contributed by atoms with E-state index in [0.717, 1.165) is 13.1 Å². The van der Waals surface area contributed by atoms with Crippen LogP contribution in [0, 0.1) is 5.92 Å². The first-order chi connectivity index (χ1) is 8.65. The van der Waals surface area contributed by atoms with Crippen LogP contribution in [0.25, 0.3) is 0 Å². The van der Waals surface area contributed by atoms with Gasteiger partial charge >= 0.3 is 12.1 Å². The lowest BCUT2D eigenvalue weighted by atomic mass is 9.92. The van der Waals surface area contributed by atoms with E-state index in [-0.39, 0.29) is 18.4 Å². The third kappa shape index (κ3) is 6.42. The van der Waals surface area contributed by atoms with Crippen LogP contribution in [0.3, 0.4) is 0 Å². The Balaban J connectivity index is 2.48. The minimum absolute atomic E-state index is 0.0575. The molecule has 1 heterocycles. The molecule has 0 radical (unpaired) electrons. The molecule has 2 atom stereocenters. The largest absolute Gasteiger partial charge is 0.481 e. The second kappa shape index (κ2) is 6.23. The summed E-state index contributed by atoms with van der Waals surface area (Å²) in [4.78, 5) is 24.5. The van der Waals surface area contributed by atoms with Gasteiger partial charge in [-0.05, 0) is 40.2 Å². The van der Waals surface area contributed by atoms with E-state index < -0.39 is 17.7 Å². The molecule has 0 spiro atoms. The van der Waals surface area contributed by atoms with E-state index in [4.69, 9.17) is 9.84 Å². The standard InChI is InChI=1S/C13H24N2O4/c1-13(2,3)19-12(18)14-10-5-9(6-11(16)17)7-15(4)8-10/h9-10H,5-8H2,1-4H3,(H,14,18)(H,16,17). The molecule has 1 aliphatic heterocycles. The maximum Gasteiger partial charge on any atom is 0.407 e. The summed E-state index contributed by atoms with van der Waals surface area (Å²) in [7, 11) is 1.93. The Labute approximate surface area is 114 Å². The van der Waals surface area contributed by atoms with Gasteiger partial charge in [-0.25, -0.2) is 4.79 Å². The number of rotatable bonds is 3. The molecule has 2 N–H and O–H groups in total. The molecule has 19 heavy (non-hydrogen) atoms. The van der Waals surface area contributed by atoms with Gasteiger partial charge in [-0.3, -0.25) is 4.79 Å². The summed E-state index contributed by atoms with van der Waals surface area (Å²) in [5.41, 5.74) is -0.523. The van der Waals surface area contributed by atoms with Crippen molar-refractivity contribution in [2.45, 2.75) is 45.3 Å². The molecule has 6 heteroatoms. The Bertz CT molecular complexity index is 338. The summed E-state index contributed by atoms with van der Waals surface area (Å²) in [6.45, 7) is 6.90. The van der Waals surface area contributed by atoms with Crippen LogP contribution in [0.5, 0.6) is 0 Å². The average molecular weight is 272 g/mol. The van der Waals surface area contributed by atoms with Crippen LogP contribution >= 0.6 is 0 Å². The summed E-state index contributed by atoms with van der Waals surface area (Å²) >= 11 is 0. The van der Waals surface area contributed by atoms with Crippen molar-refractivity contribution in [3.63, 3.8) is 0 Å². The summed E-state index contributed by atoms with van der Waals surface area (Å²) in [6.07, 6.45) is 0.370. The summed E-state index contributed by atoms with van der Waals surface area (Å²) in [5.74, 6) is -0.729. The highest BCUT2D eigenvalue weighted by Crippen LogP contribution is 2.19. The van der Waals surface area contributed by atoms with E-state index in [1.807, 2.05) is 32.7 Å². The number of carbonyl (C=O) groups is 2. The van der Waals surface area contributed by atoms with Gasteiger partial charge in [-0.2, -0.15) is 0 Å². The third-order valence-corrected chi connectivity index (χ3v) is 2.90. The van der Waals surface area contributed by atoms with Gasteiger partial charge in [0, 0.05) is 25.6 Å². The minimum Gasteiger partial charge on any atom is -0.481 e. The van der Waals surface area contributed by atoms with Crippen molar-refractivity contribution in [2.75, 3.05) is 20.1 Å². The number of carboxylic acids is 1. The Morgan fingerprint density at radius 2 is 2.00 bits per heavy atom. The van der Waals surface area contributed by atoms with Gasteiger partial charge in [-0.1, -0.05) is 0 Å². The minimum atomic E-state index is -0.795. The molecule has 0 aromatic rings. The normalized spacial score (nSPS) is 24.8. The molecule has 110 valence electrons. The summed E-state index contributed by atoms with van der Waals surface area (Å²) in [6, 6.07) is -0.0575. The Morgan fingerprint density at radius 1 is 1.37 bits per heavy atom. The van der Waals surface area contributed by atoms with E-state index in [0.29, 0.717) is 6.42 Å². The maximum atomic E-state index is 11.7. The first-order valence-electron chi connectivity index (χ1n) is 6.55. The number of likely N-dealkylation sites (tertiary alicyclic amines) is 1. The smallest absolute Gasteiger partial charge is 0.407 e. The monoisotopic (exact) mass is 272 g/mol. The predicted molar refractivity (Wildman–Crippen MR) is 71.0 cm³/mol. The second-order valence-electron chi connectivity index (χ2n) is 6.26. The fourth-order valence-electron chi connectivity index (χ4n) is 2.42. The molecule has 2 unspecified atom stereocenters. The number of likely N-dealkylation sites (N-methyl/N-ethyl adjacent to an activating group) is 1. The summed E-state index contributed by atoms with van der Waals surface area (Å²) in [5, 5.41) is 11.7. The van der Waals surface area contributed by atoms with Crippen LogP contribution in [0.2, 0.25) is 0 Å². The van der Waals surface area contributed by atoms with Crippen molar-refractivity contribution in [1.29, 1.82) is 0 Å². The predicted octanol–water partition coefficient (Wildman–Crippen LogP) is 1.31. The van der Waals surface area contributed by atoms with E-state index in [1.54, 1.807) is 0 Å². The number of piperidine rings is 1. The van der Waals surface area contributed by atoms with Gasteiger partial charge < -0.3 is 20.1 Å². The van der Waals surface area contributed by atoms with Crippen molar-refractivity contribution in [3.8, 4) is 0 Å². The fraction of sp³-hybridized carbons (Fsp3) is 0.846. The van der Waals surface area contributed by atoms with Crippen molar-refractivity contribution in [3.05, 3.63) is 0 Å².